The Kier molecular flexibility index (Phi) is 5.11. The number of carbonyl (C=O) groups excluding carboxylic acids is 1. The summed E-state index contributed by atoms with van der Waals surface area (Å²) >= 11 is 3.26. The van der Waals surface area contributed by atoms with E-state index in [0.717, 1.165) is 12.1 Å². The van der Waals surface area contributed by atoms with Crippen molar-refractivity contribution >= 4 is 27.5 Å². The van der Waals surface area contributed by atoms with Gasteiger partial charge >= 0.3 is 0 Å². The zero-order valence-corrected chi connectivity index (χ0v) is 16.6. The molecule has 1 aliphatic rings. The maximum absolute atomic E-state index is 12.5. The van der Waals surface area contributed by atoms with Crippen LogP contribution in [0.15, 0.2) is 50.0 Å². The quantitative estimate of drug-likeness (QED) is 0.553. The van der Waals surface area contributed by atoms with Crippen LogP contribution in [0.1, 0.15) is 43.5 Å². The summed E-state index contributed by atoms with van der Waals surface area (Å²) in [7, 11) is 0. The highest BCUT2D eigenvalue weighted by molar-refractivity contribution is 9.10. The van der Waals surface area contributed by atoms with Crippen LogP contribution in [0.3, 0.4) is 0 Å². The fraction of sp³-hybridized carbons (Fsp3) is 0.350. The van der Waals surface area contributed by atoms with E-state index in [2.05, 4.69) is 45.1 Å². The molecule has 1 fully saturated rings. The van der Waals surface area contributed by atoms with Gasteiger partial charge in [-0.2, -0.15) is 4.98 Å². The van der Waals surface area contributed by atoms with Crippen molar-refractivity contribution in [3.8, 4) is 11.7 Å². The Morgan fingerprint density at radius 3 is 2.74 bits per heavy atom. The van der Waals surface area contributed by atoms with Gasteiger partial charge in [-0.25, -0.2) is 0 Å². The molecule has 0 bridgehead atoms. The number of halogens is 1. The lowest BCUT2D eigenvalue weighted by Gasteiger charge is -2.16. The minimum Gasteiger partial charge on any atom is -0.444 e. The number of hydrogen-bond donors (Lipinski definition) is 0. The Labute approximate surface area is 165 Å². The first-order chi connectivity index (χ1) is 13.1. The molecule has 0 aliphatic carbocycles. The van der Waals surface area contributed by atoms with Gasteiger partial charge in [-0.3, -0.25) is 4.79 Å². The predicted molar refractivity (Wildman–Crippen MR) is 104 cm³/mol. The number of furan rings is 1. The Morgan fingerprint density at radius 2 is 2.04 bits per heavy atom. The number of unbranched alkanes of at least 4 members (excludes halogenated alkanes) is 1. The van der Waals surface area contributed by atoms with Crippen molar-refractivity contribution in [2.75, 3.05) is 11.4 Å². The zero-order chi connectivity index (χ0) is 18.8. The van der Waals surface area contributed by atoms with Crippen LogP contribution in [0.4, 0.5) is 5.69 Å². The summed E-state index contributed by atoms with van der Waals surface area (Å²) in [5, 5.41) is 4.05. The van der Waals surface area contributed by atoms with Crippen molar-refractivity contribution < 1.29 is 13.7 Å². The zero-order valence-electron chi connectivity index (χ0n) is 15.0. The average Bonchev–Trinajstić information content (AvgIpc) is 3.40. The van der Waals surface area contributed by atoms with Crippen molar-refractivity contribution in [3.63, 3.8) is 0 Å². The molecule has 6 nitrogen and oxygen atoms in total. The van der Waals surface area contributed by atoms with Crippen LogP contribution in [-0.4, -0.2) is 22.6 Å². The lowest BCUT2D eigenvalue weighted by molar-refractivity contribution is -0.117. The third-order valence-electron chi connectivity index (χ3n) is 4.78. The van der Waals surface area contributed by atoms with E-state index in [9.17, 15) is 4.79 Å². The van der Waals surface area contributed by atoms with Crippen molar-refractivity contribution in [1.82, 2.24) is 10.1 Å². The molecule has 27 heavy (non-hydrogen) atoms. The molecule has 1 aliphatic heterocycles. The van der Waals surface area contributed by atoms with Gasteiger partial charge in [-0.15, -0.1) is 0 Å². The summed E-state index contributed by atoms with van der Waals surface area (Å²) in [5.41, 5.74) is 2.22. The minimum absolute atomic E-state index is 0.0772. The first-order valence-corrected chi connectivity index (χ1v) is 9.92. The highest BCUT2D eigenvalue weighted by atomic mass is 79.9. The van der Waals surface area contributed by atoms with E-state index in [-0.39, 0.29) is 11.8 Å². The van der Waals surface area contributed by atoms with Gasteiger partial charge < -0.3 is 13.8 Å². The molecule has 7 heteroatoms. The lowest BCUT2D eigenvalue weighted by Crippen LogP contribution is -2.24. The Hall–Kier alpha value is -2.41. The Morgan fingerprint density at radius 1 is 1.22 bits per heavy atom. The topological polar surface area (TPSA) is 72.4 Å². The number of anilines is 1. The number of rotatable bonds is 6. The van der Waals surface area contributed by atoms with Gasteiger partial charge in [0, 0.05) is 24.6 Å². The SMILES string of the molecule is CCCCc1ccc(N2CC(c3noc(-c4ccc(Br)o4)n3)CC2=O)cc1. The maximum atomic E-state index is 12.5. The van der Waals surface area contributed by atoms with E-state index in [1.807, 2.05) is 12.1 Å². The molecule has 3 aromatic rings. The predicted octanol–water partition coefficient (Wildman–Crippen LogP) is 4.96. The van der Waals surface area contributed by atoms with E-state index in [1.165, 1.54) is 18.4 Å². The van der Waals surface area contributed by atoms with Crippen LogP contribution in [-0.2, 0) is 11.2 Å². The van der Waals surface area contributed by atoms with Gasteiger partial charge in [0.15, 0.2) is 16.3 Å². The number of amides is 1. The van der Waals surface area contributed by atoms with E-state index in [4.69, 9.17) is 8.94 Å². The first-order valence-electron chi connectivity index (χ1n) is 9.12. The summed E-state index contributed by atoms with van der Waals surface area (Å²) < 4.78 is 11.3. The molecule has 1 aromatic carbocycles. The molecule has 0 spiro atoms. The number of benzene rings is 1. The Bertz CT molecular complexity index is 932. The van der Waals surface area contributed by atoms with Crippen molar-refractivity contribution in [1.29, 1.82) is 0 Å². The fourth-order valence-electron chi connectivity index (χ4n) is 3.28. The highest BCUT2D eigenvalue weighted by Gasteiger charge is 2.34. The normalized spacial score (nSPS) is 17.0. The minimum atomic E-state index is -0.0897. The molecular weight excluding hydrogens is 410 g/mol. The largest absolute Gasteiger partial charge is 0.444 e. The smallest absolute Gasteiger partial charge is 0.293 e. The third kappa shape index (κ3) is 3.83. The van der Waals surface area contributed by atoms with Gasteiger partial charge in [0.2, 0.25) is 5.91 Å². The summed E-state index contributed by atoms with van der Waals surface area (Å²) in [5.74, 6) is 1.35. The van der Waals surface area contributed by atoms with Crippen LogP contribution in [0.2, 0.25) is 0 Å². The molecule has 0 N–H and O–H groups in total. The average molecular weight is 430 g/mol. The van der Waals surface area contributed by atoms with E-state index >= 15 is 0 Å². The van der Waals surface area contributed by atoms with E-state index in [0.29, 0.717) is 35.1 Å². The lowest BCUT2D eigenvalue weighted by atomic mass is 10.1. The molecule has 140 valence electrons. The maximum Gasteiger partial charge on any atom is 0.293 e. The van der Waals surface area contributed by atoms with Crippen molar-refractivity contribution in [2.45, 2.75) is 38.5 Å². The molecule has 0 saturated carbocycles. The van der Waals surface area contributed by atoms with Crippen LogP contribution >= 0.6 is 15.9 Å². The van der Waals surface area contributed by atoms with Crippen LogP contribution in [0.5, 0.6) is 0 Å². The van der Waals surface area contributed by atoms with Gasteiger partial charge in [-0.1, -0.05) is 30.6 Å². The van der Waals surface area contributed by atoms with Crippen LogP contribution in [0.25, 0.3) is 11.7 Å². The van der Waals surface area contributed by atoms with Gasteiger partial charge in [0.25, 0.3) is 5.89 Å². The third-order valence-corrected chi connectivity index (χ3v) is 5.21. The number of carbonyl (C=O) groups is 1. The molecular formula is C20H20BrN3O3. The monoisotopic (exact) mass is 429 g/mol. The van der Waals surface area contributed by atoms with Gasteiger partial charge in [0.1, 0.15) is 0 Å². The number of aryl methyl sites for hydroxylation is 1. The van der Waals surface area contributed by atoms with Gasteiger partial charge in [-0.05, 0) is 58.6 Å². The summed E-state index contributed by atoms with van der Waals surface area (Å²) in [6.45, 7) is 2.74. The molecule has 1 saturated heterocycles. The molecule has 1 amide bonds. The van der Waals surface area contributed by atoms with Crippen molar-refractivity contribution in [2.24, 2.45) is 0 Å². The molecule has 1 unspecified atom stereocenters. The molecule has 1 atom stereocenters. The van der Waals surface area contributed by atoms with Crippen molar-refractivity contribution in [3.05, 3.63) is 52.5 Å². The standard InChI is InChI=1S/C20H20BrN3O3/c1-2-3-4-13-5-7-15(8-6-13)24-12-14(11-18(24)25)19-22-20(27-23-19)16-9-10-17(21)26-16/h5-10,14H,2-4,11-12H2,1H3. The fourth-order valence-corrected chi connectivity index (χ4v) is 3.59. The van der Waals surface area contributed by atoms with Gasteiger partial charge in [0.05, 0.1) is 0 Å². The molecule has 3 heterocycles. The van der Waals surface area contributed by atoms with E-state index in [1.54, 1.807) is 17.0 Å². The molecule has 2 aromatic heterocycles. The number of aromatic nitrogens is 2. The summed E-state index contributed by atoms with van der Waals surface area (Å²) in [6, 6.07) is 11.8. The second-order valence-electron chi connectivity index (χ2n) is 6.74. The number of nitrogens with zero attached hydrogens (tertiary/aromatic N) is 3. The first kappa shape index (κ1) is 18.0. The van der Waals surface area contributed by atoms with Crippen LogP contribution in [0, 0.1) is 0 Å². The highest BCUT2D eigenvalue weighted by Crippen LogP contribution is 2.32. The summed E-state index contributed by atoms with van der Waals surface area (Å²) in [6.07, 6.45) is 3.80. The number of hydrogen-bond acceptors (Lipinski definition) is 5. The summed E-state index contributed by atoms with van der Waals surface area (Å²) in [4.78, 5) is 18.7. The second kappa shape index (κ2) is 7.68. The van der Waals surface area contributed by atoms with Crippen LogP contribution < -0.4 is 4.90 Å². The molecule has 4 rings (SSSR count). The molecule has 0 radical (unpaired) electrons. The Balaban J connectivity index is 1.47. The second-order valence-corrected chi connectivity index (χ2v) is 7.52. The van der Waals surface area contributed by atoms with E-state index < -0.39 is 0 Å².